The summed E-state index contributed by atoms with van der Waals surface area (Å²) in [6.07, 6.45) is 0. The third kappa shape index (κ3) is 3.00. The highest BCUT2D eigenvalue weighted by Crippen LogP contribution is 2.32. The third-order valence-corrected chi connectivity index (χ3v) is 3.41. The zero-order chi connectivity index (χ0) is 12.1. The Morgan fingerprint density at radius 3 is 2.31 bits per heavy atom. The molecule has 1 aromatic carbocycles. The van der Waals surface area contributed by atoms with E-state index in [0.29, 0.717) is 0 Å². The van der Waals surface area contributed by atoms with Crippen LogP contribution in [0.2, 0.25) is 4.34 Å². The molecule has 0 amide bonds. The van der Waals surface area contributed by atoms with Crippen molar-refractivity contribution in [2.45, 2.75) is 20.8 Å². The van der Waals surface area contributed by atoms with Crippen LogP contribution >= 0.6 is 22.9 Å². The average molecular weight is 254 g/mol. The van der Waals surface area contributed by atoms with Gasteiger partial charge in [0, 0.05) is 10.6 Å². The van der Waals surface area contributed by atoms with Crippen molar-refractivity contribution in [1.29, 1.82) is 0 Å². The summed E-state index contributed by atoms with van der Waals surface area (Å²) < 4.78 is 0.814. The predicted molar refractivity (Wildman–Crippen MR) is 75.3 cm³/mol. The van der Waals surface area contributed by atoms with Crippen molar-refractivity contribution in [2.75, 3.05) is 5.73 Å². The molecule has 1 aromatic heterocycles. The molecule has 0 unspecified atom stereocenters. The number of benzene rings is 1. The molecule has 0 saturated heterocycles. The molecule has 0 aliphatic rings. The first-order valence-electron chi connectivity index (χ1n) is 5.28. The van der Waals surface area contributed by atoms with Gasteiger partial charge in [0.15, 0.2) is 0 Å². The van der Waals surface area contributed by atoms with Gasteiger partial charge in [0.1, 0.15) is 0 Å². The van der Waals surface area contributed by atoms with Crippen molar-refractivity contribution in [2.24, 2.45) is 0 Å². The highest BCUT2D eigenvalue weighted by Gasteiger charge is 2.02. The molecule has 16 heavy (non-hydrogen) atoms. The Balaban J connectivity index is 0.000000606. The van der Waals surface area contributed by atoms with Gasteiger partial charge in [-0.15, -0.1) is 11.3 Å². The number of aryl methyl sites for hydroxylation is 1. The van der Waals surface area contributed by atoms with Crippen LogP contribution in [0, 0.1) is 6.92 Å². The first-order valence-corrected chi connectivity index (χ1v) is 6.48. The van der Waals surface area contributed by atoms with Crippen LogP contribution in [0.1, 0.15) is 19.4 Å². The fraction of sp³-hybridized carbons (Fsp3) is 0.231. The molecular formula is C13H16ClNS. The van der Waals surface area contributed by atoms with Gasteiger partial charge >= 0.3 is 0 Å². The molecule has 0 bridgehead atoms. The lowest BCUT2D eigenvalue weighted by Gasteiger charge is -2.02. The number of hydrogen-bond acceptors (Lipinski definition) is 2. The monoisotopic (exact) mass is 253 g/mol. The fourth-order valence-corrected chi connectivity index (χ4v) is 2.34. The van der Waals surface area contributed by atoms with E-state index in [1.54, 1.807) is 11.3 Å². The maximum Gasteiger partial charge on any atom is 0.0934 e. The van der Waals surface area contributed by atoms with E-state index < -0.39 is 0 Å². The summed E-state index contributed by atoms with van der Waals surface area (Å²) >= 11 is 7.46. The summed E-state index contributed by atoms with van der Waals surface area (Å²) in [7, 11) is 0. The molecule has 0 fully saturated rings. The van der Waals surface area contributed by atoms with E-state index in [1.165, 1.54) is 10.4 Å². The summed E-state index contributed by atoms with van der Waals surface area (Å²) in [5.74, 6) is 0. The number of halogens is 1. The smallest absolute Gasteiger partial charge is 0.0934 e. The Labute approximate surface area is 106 Å². The van der Waals surface area contributed by atoms with Crippen LogP contribution in [0.3, 0.4) is 0 Å². The van der Waals surface area contributed by atoms with Gasteiger partial charge in [-0.25, -0.2) is 0 Å². The summed E-state index contributed by atoms with van der Waals surface area (Å²) in [5, 5.41) is 0. The first kappa shape index (κ1) is 13.1. The quantitative estimate of drug-likeness (QED) is 0.713. The Kier molecular flexibility index (Phi) is 4.84. The lowest BCUT2D eigenvalue weighted by molar-refractivity contribution is 1.47. The Morgan fingerprint density at radius 1 is 1.12 bits per heavy atom. The molecule has 0 radical (unpaired) electrons. The summed E-state index contributed by atoms with van der Waals surface area (Å²) in [5.41, 5.74) is 8.86. The minimum atomic E-state index is 0.814. The van der Waals surface area contributed by atoms with Gasteiger partial charge in [0.2, 0.25) is 0 Å². The fourth-order valence-electron chi connectivity index (χ4n) is 1.30. The maximum absolute atomic E-state index is 5.88. The predicted octanol–water partition coefficient (Wildman–Crippen LogP) is 4.99. The van der Waals surface area contributed by atoms with E-state index in [1.807, 2.05) is 45.0 Å². The molecule has 86 valence electrons. The van der Waals surface area contributed by atoms with Gasteiger partial charge in [0.25, 0.3) is 0 Å². The number of hydrogen-bond donors (Lipinski definition) is 1. The summed E-state index contributed by atoms with van der Waals surface area (Å²) in [6, 6.07) is 9.96. The van der Waals surface area contributed by atoms with Gasteiger partial charge in [-0.05, 0) is 42.3 Å². The number of rotatable bonds is 1. The largest absolute Gasteiger partial charge is 0.399 e. The standard InChI is InChI=1S/C11H10ClNS.C2H6/c1-7-6-8(2-3-9(7)13)10-4-5-11(12)14-10;1-2/h2-6H,13H2,1H3;1-2H3. The zero-order valence-corrected chi connectivity index (χ0v) is 11.3. The minimum absolute atomic E-state index is 0.814. The molecule has 1 nitrogen and oxygen atoms in total. The SMILES string of the molecule is CC.Cc1cc(-c2ccc(Cl)s2)ccc1N. The molecular weight excluding hydrogens is 238 g/mol. The van der Waals surface area contributed by atoms with Crippen LogP contribution in [0.4, 0.5) is 5.69 Å². The first-order chi connectivity index (χ1) is 7.66. The van der Waals surface area contributed by atoms with E-state index in [9.17, 15) is 0 Å². The Morgan fingerprint density at radius 2 is 1.81 bits per heavy atom. The molecule has 0 atom stereocenters. The second-order valence-corrected chi connectivity index (χ2v) is 4.89. The van der Waals surface area contributed by atoms with Crippen LogP contribution in [0.5, 0.6) is 0 Å². The average Bonchev–Trinajstić information content (AvgIpc) is 2.72. The number of nitrogen functional groups attached to an aromatic ring is 1. The molecule has 2 aromatic rings. The van der Waals surface area contributed by atoms with Crippen LogP contribution in [-0.4, -0.2) is 0 Å². The molecule has 0 spiro atoms. The molecule has 3 heteroatoms. The second kappa shape index (κ2) is 5.92. The third-order valence-electron chi connectivity index (χ3n) is 2.13. The number of anilines is 1. The molecule has 0 aliphatic carbocycles. The second-order valence-electron chi connectivity index (χ2n) is 3.18. The van der Waals surface area contributed by atoms with E-state index >= 15 is 0 Å². The van der Waals surface area contributed by atoms with Crippen molar-refractivity contribution >= 4 is 28.6 Å². The Bertz CT molecular complexity index is 463. The molecule has 2 rings (SSSR count). The van der Waals surface area contributed by atoms with Crippen molar-refractivity contribution in [1.82, 2.24) is 0 Å². The van der Waals surface area contributed by atoms with Gasteiger partial charge in [0.05, 0.1) is 4.34 Å². The van der Waals surface area contributed by atoms with Crippen LogP contribution in [-0.2, 0) is 0 Å². The van der Waals surface area contributed by atoms with E-state index in [4.69, 9.17) is 17.3 Å². The highest BCUT2D eigenvalue weighted by atomic mass is 35.5. The molecule has 1 heterocycles. The lowest BCUT2D eigenvalue weighted by Crippen LogP contribution is -1.88. The summed E-state index contributed by atoms with van der Waals surface area (Å²) in [4.78, 5) is 1.18. The van der Waals surface area contributed by atoms with Crippen LogP contribution in [0.15, 0.2) is 30.3 Å². The number of thiophene rings is 1. The van der Waals surface area contributed by atoms with Crippen molar-refractivity contribution < 1.29 is 0 Å². The van der Waals surface area contributed by atoms with Crippen molar-refractivity contribution in [3.63, 3.8) is 0 Å². The zero-order valence-electron chi connectivity index (χ0n) is 9.75. The van der Waals surface area contributed by atoms with Gasteiger partial charge in [-0.3, -0.25) is 0 Å². The Hall–Kier alpha value is -0.990. The van der Waals surface area contributed by atoms with E-state index in [2.05, 4.69) is 6.07 Å². The van der Waals surface area contributed by atoms with Gasteiger partial charge in [-0.2, -0.15) is 0 Å². The lowest BCUT2D eigenvalue weighted by atomic mass is 10.1. The number of nitrogens with two attached hydrogens (primary N) is 1. The normalized spacial score (nSPS) is 9.50. The highest BCUT2D eigenvalue weighted by molar-refractivity contribution is 7.19. The molecule has 0 aliphatic heterocycles. The van der Waals surface area contributed by atoms with Crippen LogP contribution in [0.25, 0.3) is 10.4 Å². The topological polar surface area (TPSA) is 26.0 Å². The summed E-state index contributed by atoms with van der Waals surface area (Å²) in [6.45, 7) is 6.01. The van der Waals surface area contributed by atoms with Crippen molar-refractivity contribution in [3.8, 4) is 10.4 Å². The van der Waals surface area contributed by atoms with E-state index in [0.717, 1.165) is 15.6 Å². The van der Waals surface area contributed by atoms with E-state index in [-0.39, 0.29) is 0 Å². The minimum Gasteiger partial charge on any atom is -0.399 e. The van der Waals surface area contributed by atoms with Crippen molar-refractivity contribution in [3.05, 3.63) is 40.2 Å². The molecule has 0 saturated carbocycles. The van der Waals surface area contributed by atoms with Gasteiger partial charge < -0.3 is 5.73 Å². The maximum atomic E-state index is 5.88. The van der Waals surface area contributed by atoms with Gasteiger partial charge in [-0.1, -0.05) is 31.5 Å². The van der Waals surface area contributed by atoms with Crippen LogP contribution < -0.4 is 5.73 Å². The molecule has 2 N–H and O–H groups in total.